The minimum absolute atomic E-state index is 0.799. The molecule has 0 aliphatic carbocycles. The summed E-state index contributed by atoms with van der Waals surface area (Å²) in [6, 6.07) is 11.6. The number of rotatable bonds is 4. The number of aromatic nitrogens is 4. The first-order valence-electron chi connectivity index (χ1n) is 6.89. The van der Waals surface area contributed by atoms with Crippen LogP contribution in [-0.2, 0) is 0 Å². The predicted octanol–water partition coefficient (Wildman–Crippen LogP) is 4.47. The van der Waals surface area contributed by atoms with E-state index in [0.29, 0.717) is 0 Å². The van der Waals surface area contributed by atoms with E-state index in [9.17, 15) is 0 Å². The van der Waals surface area contributed by atoms with Crippen LogP contribution in [0.4, 0.5) is 10.3 Å². The van der Waals surface area contributed by atoms with Crippen molar-refractivity contribution in [3.8, 4) is 22.8 Å². The van der Waals surface area contributed by atoms with E-state index in [0.717, 1.165) is 33.0 Å². The van der Waals surface area contributed by atoms with Gasteiger partial charge in [-0.05, 0) is 24.3 Å². The lowest BCUT2D eigenvalue weighted by atomic mass is 10.3. The molecule has 0 saturated heterocycles. The van der Waals surface area contributed by atoms with Gasteiger partial charge >= 0.3 is 0 Å². The fraction of sp³-hybridized carbons (Fsp3) is 0. The SMILES string of the molecule is c1ccc(-c2csc(Nc3nc(-c4ccccn4)cs3)n2)nc1. The van der Waals surface area contributed by atoms with Crippen molar-refractivity contribution in [2.24, 2.45) is 0 Å². The third kappa shape index (κ3) is 3.10. The third-order valence-electron chi connectivity index (χ3n) is 3.08. The Balaban J connectivity index is 1.53. The van der Waals surface area contributed by atoms with Gasteiger partial charge in [0.25, 0.3) is 0 Å². The summed E-state index contributed by atoms with van der Waals surface area (Å²) in [5, 5.41) is 8.81. The summed E-state index contributed by atoms with van der Waals surface area (Å²) in [4.78, 5) is 17.7. The molecular weight excluding hydrogens is 326 g/mol. The first-order chi connectivity index (χ1) is 11.4. The Kier molecular flexibility index (Phi) is 3.79. The van der Waals surface area contributed by atoms with Crippen LogP contribution in [0.1, 0.15) is 0 Å². The summed E-state index contributed by atoms with van der Waals surface area (Å²) < 4.78 is 0. The van der Waals surface area contributed by atoms with Gasteiger partial charge in [0.15, 0.2) is 10.3 Å². The summed E-state index contributed by atoms with van der Waals surface area (Å²) >= 11 is 3.07. The molecule has 7 heteroatoms. The molecule has 0 unspecified atom stereocenters. The Hall–Kier alpha value is -2.64. The lowest BCUT2D eigenvalue weighted by Gasteiger charge is -1.97. The van der Waals surface area contributed by atoms with Gasteiger partial charge in [-0.3, -0.25) is 9.97 Å². The standard InChI is InChI=1S/C16H11N5S2/c1-3-7-17-11(5-1)13-9-22-15(19-13)21-16-20-14(10-23-16)12-6-2-4-8-18-12/h1-10H,(H,19,20,21). The number of hydrogen-bond acceptors (Lipinski definition) is 7. The van der Waals surface area contributed by atoms with Gasteiger partial charge in [-0.2, -0.15) is 0 Å². The number of hydrogen-bond donors (Lipinski definition) is 1. The minimum atomic E-state index is 0.799. The smallest absolute Gasteiger partial charge is 0.189 e. The Labute approximate surface area is 140 Å². The highest BCUT2D eigenvalue weighted by Gasteiger charge is 2.09. The predicted molar refractivity (Wildman–Crippen MR) is 94.0 cm³/mol. The average Bonchev–Trinajstić information content (AvgIpc) is 3.27. The molecule has 0 radical (unpaired) electrons. The van der Waals surface area contributed by atoms with Crippen LogP contribution in [0.25, 0.3) is 22.8 Å². The number of pyridine rings is 2. The molecule has 4 aromatic heterocycles. The third-order valence-corrected chi connectivity index (χ3v) is 4.59. The highest BCUT2D eigenvalue weighted by molar-refractivity contribution is 7.16. The zero-order chi connectivity index (χ0) is 15.5. The molecular formula is C16H11N5S2. The van der Waals surface area contributed by atoms with Crippen molar-refractivity contribution in [1.29, 1.82) is 0 Å². The first kappa shape index (κ1) is 14.0. The zero-order valence-corrected chi connectivity index (χ0v) is 13.5. The molecule has 0 aromatic carbocycles. The van der Waals surface area contributed by atoms with Gasteiger partial charge < -0.3 is 5.32 Å². The lowest BCUT2D eigenvalue weighted by molar-refractivity contribution is 1.26. The highest BCUT2D eigenvalue weighted by Crippen LogP contribution is 2.29. The van der Waals surface area contributed by atoms with E-state index in [-0.39, 0.29) is 0 Å². The van der Waals surface area contributed by atoms with Gasteiger partial charge in [0.05, 0.1) is 11.4 Å². The fourth-order valence-corrected chi connectivity index (χ4v) is 3.49. The highest BCUT2D eigenvalue weighted by atomic mass is 32.1. The molecule has 4 rings (SSSR count). The van der Waals surface area contributed by atoms with Crippen molar-refractivity contribution >= 4 is 32.9 Å². The quantitative estimate of drug-likeness (QED) is 0.595. The topological polar surface area (TPSA) is 63.6 Å². The molecule has 0 aliphatic heterocycles. The van der Waals surface area contributed by atoms with Gasteiger partial charge in [-0.25, -0.2) is 9.97 Å². The Morgan fingerprint density at radius 3 is 1.61 bits per heavy atom. The van der Waals surface area contributed by atoms with E-state index < -0.39 is 0 Å². The van der Waals surface area contributed by atoms with Crippen LogP contribution < -0.4 is 5.32 Å². The van der Waals surface area contributed by atoms with Gasteiger partial charge in [0, 0.05) is 23.2 Å². The molecule has 1 N–H and O–H groups in total. The van der Waals surface area contributed by atoms with Gasteiger partial charge in [0.2, 0.25) is 0 Å². The number of nitrogens with one attached hydrogen (secondary N) is 1. The minimum Gasteiger partial charge on any atom is -0.307 e. The number of nitrogens with zero attached hydrogens (tertiary/aromatic N) is 4. The summed E-state index contributed by atoms with van der Waals surface area (Å²) in [5.41, 5.74) is 3.45. The summed E-state index contributed by atoms with van der Waals surface area (Å²) in [7, 11) is 0. The van der Waals surface area contributed by atoms with Crippen LogP contribution in [-0.4, -0.2) is 19.9 Å². The van der Waals surface area contributed by atoms with E-state index in [2.05, 4.69) is 25.3 Å². The maximum Gasteiger partial charge on any atom is 0.189 e. The molecule has 112 valence electrons. The molecule has 0 amide bonds. The van der Waals surface area contributed by atoms with Crippen molar-refractivity contribution in [2.75, 3.05) is 5.32 Å². The fourth-order valence-electron chi connectivity index (χ4n) is 2.02. The molecule has 4 heterocycles. The molecule has 0 saturated carbocycles. The summed E-state index contributed by atoms with van der Waals surface area (Å²) in [5.74, 6) is 0. The normalized spacial score (nSPS) is 10.6. The van der Waals surface area contributed by atoms with E-state index >= 15 is 0 Å². The van der Waals surface area contributed by atoms with Crippen LogP contribution >= 0.6 is 22.7 Å². The first-order valence-corrected chi connectivity index (χ1v) is 8.65. The van der Waals surface area contributed by atoms with E-state index in [4.69, 9.17) is 0 Å². The van der Waals surface area contributed by atoms with E-state index in [1.54, 1.807) is 12.4 Å². The lowest BCUT2D eigenvalue weighted by Crippen LogP contribution is -1.90. The molecule has 23 heavy (non-hydrogen) atoms. The Morgan fingerprint density at radius 1 is 0.652 bits per heavy atom. The second-order valence-corrected chi connectivity index (χ2v) is 6.35. The number of anilines is 2. The molecule has 4 aromatic rings. The van der Waals surface area contributed by atoms with Crippen LogP contribution in [0.2, 0.25) is 0 Å². The molecule has 0 spiro atoms. The maximum atomic E-state index is 4.55. The van der Waals surface area contributed by atoms with Crippen LogP contribution in [0.15, 0.2) is 59.6 Å². The summed E-state index contributed by atoms with van der Waals surface area (Å²) in [6.07, 6.45) is 3.53. The molecule has 0 bridgehead atoms. The van der Waals surface area contributed by atoms with Crippen molar-refractivity contribution in [2.45, 2.75) is 0 Å². The van der Waals surface area contributed by atoms with E-state index in [1.165, 1.54) is 22.7 Å². The van der Waals surface area contributed by atoms with E-state index in [1.807, 2.05) is 47.2 Å². The Bertz CT molecular complexity index is 827. The maximum absolute atomic E-state index is 4.55. The monoisotopic (exact) mass is 337 g/mol. The second-order valence-electron chi connectivity index (χ2n) is 4.63. The average molecular weight is 337 g/mol. The zero-order valence-electron chi connectivity index (χ0n) is 11.9. The molecule has 0 aliphatic rings. The van der Waals surface area contributed by atoms with Crippen molar-refractivity contribution < 1.29 is 0 Å². The van der Waals surface area contributed by atoms with Crippen LogP contribution in [0.3, 0.4) is 0 Å². The molecule has 0 fully saturated rings. The van der Waals surface area contributed by atoms with Crippen LogP contribution in [0, 0.1) is 0 Å². The number of thiazole rings is 2. The van der Waals surface area contributed by atoms with Crippen molar-refractivity contribution in [3.05, 3.63) is 59.6 Å². The summed E-state index contributed by atoms with van der Waals surface area (Å²) in [6.45, 7) is 0. The molecule has 5 nitrogen and oxygen atoms in total. The van der Waals surface area contributed by atoms with Gasteiger partial charge in [-0.1, -0.05) is 12.1 Å². The van der Waals surface area contributed by atoms with Crippen molar-refractivity contribution in [3.63, 3.8) is 0 Å². The second kappa shape index (κ2) is 6.23. The Morgan fingerprint density at radius 2 is 1.17 bits per heavy atom. The largest absolute Gasteiger partial charge is 0.307 e. The van der Waals surface area contributed by atoms with Crippen molar-refractivity contribution in [1.82, 2.24) is 19.9 Å². The van der Waals surface area contributed by atoms with Gasteiger partial charge in [0.1, 0.15) is 11.4 Å². The van der Waals surface area contributed by atoms with Crippen LogP contribution in [0.5, 0.6) is 0 Å². The molecule has 0 atom stereocenters. The van der Waals surface area contributed by atoms with Gasteiger partial charge in [-0.15, -0.1) is 22.7 Å².